The summed E-state index contributed by atoms with van der Waals surface area (Å²) in [5.41, 5.74) is 5.06. The van der Waals surface area contributed by atoms with E-state index >= 15 is 4.39 Å². The highest BCUT2D eigenvalue weighted by Crippen LogP contribution is 2.53. The van der Waals surface area contributed by atoms with Crippen molar-refractivity contribution in [1.82, 2.24) is 10.6 Å². The van der Waals surface area contributed by atoms with Crippen molar-refractivity contribution >= 4 is 47.1 Å². The lowest BCUT2D eigenvalue weighted by atomic mass is 9.62. The number of nitrogens with one attached hydrogen (secondary N) is 3. The van der Waals surface area contributed by atoms with Crippen LogP contribution in [0.4, 0.5) is 10.1 Å². The maximum Gasteiger partial charge on any atom is 0.319 e. The van der Waals surface area contributed by atoms with Crippen LogP contribution in [0.1, 0.15) is 57.1 Å². The summed E-state index contributed by atoms with van der Waals surface area (Å²) in [6, 6.07) is 8.01. The third kappa shape index (κ3) is 6.23. The smallest absolute Gasteiger partial charge is 0.319 e. The molecule has 2 aliphatic rings. The van der Waals surface area contributed by atoms with Crippen molar-refractivity contribution in [2.75, 3.05) is 18.9 Å². The molecule has 2 aromatic carbocycles. The molecule has 0 radical (unpaired) electrons. The van der Waals surface area contributed by atoms with E-state index in [-0.39, 0.29) is 40.6 Å². The molecule has 11 heteroatoms. The van der Waals surface area contributed by atoms with Crippen LogP contribution in [0.2, 0.25) is 10.0 Å². The average molecular weight is 608 g/mol. The summed E-state index contributed by atoms with van der Waals surface area (Å²) in [6.45, 7) is 5.93. The third-order valence-electron chi connectivity index (χ3n) is 8.04. The first-order valence-corrected chi connectivity index (χ1v) is 14.4. The Hall–Kier alpha value is -2.72. The second-order valence-corrected chi connectivity index (χ2v) is 12.9. The number of rotatable bonds is 9. The van der Waals surface area contributed by atoms with E-state index in [1.807, 2.05) is 20.8 Å². The molecule has 1 saturated carbocycles. The second-order valence-electron chi connectivity index (χ2n) is 12.1. The number of benzene rings is 2. The van der Waals surface area contributed by atoms with Gasteiger partial charge in [-0.05, 0) is 41.2 Å². The van der Waals surface area contributed by atoms with Crippen LogP contribution in [0.25, 0.3) is 0 Å². The number of anilines is 1. The van der Waals surface area contributed by atoms with Gasteiger partial charge in [-0.2, -0.15) is 0 Å². The van der Waals surface area contributed by atoms with E-state index in [4.69, 9.17) is 33.7 Å². The lowest BCUT2D eigenvalue weighted by Gasteiger charge is -2.40. The molecule has 41 heavy (non-hydrogen) atoms. The van der Waals surface area contributed by atoms with Crippen molar-refractivity contribution < 1.29 is 23.5 Å². The van der Waals surface area contributed by atoms with Gasteiger partial charge in [-0.15, -0.1) is 0 Å². The summed E-state index contributed by atoms with van der Waals surface area (Å²) in [5.74, 6) is -2.52. The molecule has 4 atom stereocenters. The molecule has 1 aliphatic carbocycles. The standard InChI is InChI=1S/C30H37Cl2FN4O4/c1-29(2,3)13-23-30(15-38,20-9-8-16(31)10-22(20)35-4)25(19-6-5-7-21(32)26(19)33)27(37-23)28(40)36-17-11-18(12-17)41-24(39)14-34/h5-10,15,17-18,23,25,27,35,37H,11-14,34H2,1-4H3,(H,36,40). The molecule has 4 unspecified atom stereocenters. The highest BCUT2D eigenvalue weighted by atomic mass is 35.5. The summed E-state index contributed by atoms with van der Waals surface area (Å²) in [6.07, 6.45) is 1.88. The highest BCUT2D eigenvalue weighted by molar-refractivity contribution is 6.31. The van der Waals surface area contributed by atoms with Crippen LogP contribution >= 0.6 is 23.2 Å². The summed E-state index contributed by atoms with van der Waals surface area (Å²) in [5, 5.41) is 9.95. The zero-order valence-electron chi connectivity index (χ0n) is 23.6. The first-order chi connectivity index (χ1) is 19.3. The minimum atomic E-state index is -1.37. The molecular weight excluding hydrogens is 570 g/mol. The van der Waals surface area contributed by atoms with Gasteiger partial charge < -0.3 is 31.2 Å². The number of esters is 1. The second kappa shape index (κ2) is 12.3. The summed E-state index contributed by atoms with van der Waals surface area (Å²) < 4.78 is 21.1. The minimum absolute atomic E-state index is 0.103. The third-order valence-corrected chi connectivity index (χ3v) is 8.57. The van der Waals surface area contributed by atoms with Crippen molar-refractivity contribution in [2.24, 2.45) is 11.1 Å². The predicted octanol–water partition coefficient (Wildman–Crippen LogP) is 4.32. The van der Waals surface area contributed by atoms with Gasteiger partial charge in [0.2, 0.25) is 5.91 Å². The molecule has 1 aliphatic heterocycles. The maximum absolute atomic E-state index is 15.8. The van der Waals surface area contributed by atoms with Gasteiger partial charge in [0, 0.05) is 48.6 Å². The number of halogens is 3. The van der Waals surface area contributed by atoms with E-state index in [9.17, 15) is 14.4 Å². The van der Waals surface area contributed by atoms with Crippen molar-refractivity contribution in [3.8, 4) is 0 Å². The van der Waals surface area contributed by atoms with Gasteiger partial charge in [0.1, 0.15) is 18.2 Å². The predicted molar refractivity (Wildman–Crippen MR) is 158 cm³/mol. The lowest BCUT2D eigenvalue weighted by molar-refractivity contribution is -0.152. The topological polar surface area (TPSA) is 123 Å². The quantitative estimate of drug-likeness (QED) is 0.248. The number of aldehydes is 1. The van der Waals surface area contributed by atoms with E-state index in [0.29, 0.717) is 35.5 Å². The number of ether oxygens (including phenoxy) is 1. The van der Waals surface area contributed by atoms with E-state index in [1.165, 1.54) is 6.07 Å². The Kier molecular flexibility index (Phi) is 9.33. The molecule has 5 N–H and O–H groups in total. The van der Waals surface area contributed by atoms with Gasteiger partial charge in [0.25, 0.3) is 0 Å². The SMILES string of the molecule is CNc1cc(Cl)ccc1C1(C=O)C(CC(C)(C)C)NC(C(=O)NC2CC(OC(=O)CN)C2)C1c1cccc(Cl)c1F. The van der Waals surface area contributed by atoms with Crippen molar-refractivity contribution in [2.45, 2.75) is 75.6 Å². The Morgan fingerprint density at radius 1 is 1.22 bits per heavy atom. The van der Waals surface area contributed by atoms with Crippen molar-refractivity contribution in [3.63, 3.8) is 0 Å². The number of hydrogen-bond donors (Lipinski definition) is 4. The Bertz CT molecular complexity index is 1310. The molecule has 2 fully saturated rings. The summed E-state index contributed by atoms with van der Waals surface area (Å²) in [4.78, 5) is 39.0. The van der Waals surface area contributed by atoms with E-state index in [2.05, 4.69) is 16.0 Å². The molecule has 1 saturated heterocycles. The Balaban J connectivity index is 1.82. The molecule has 8 nitrogen and oxygen atoms in total. The monoisotopic (exact) mass is 606 g/mol. The largest absolute Gasteiger partial charge is 0.461 e. The number of nitrogens with two attached hydrogens (primary N) is 1. The average Bonchev–Trinajstić information content (AvgIpc) is 3.21. The van der Waals surface area contributed by atoms with Crippen LogP contribution in [0.15, 0.2) is 36.4 Å². The van der Waals surface area contributed by atoms with E-state index < -0.39 is 35.2 Å². The van der Waals surface area contributed by atoms with Crippen LogP contribution in [-0.4, -0.2) is 56.0 Å². The first-order valence-electron chi connectivity index (χ1n) is 13.7. The summed E-state index contributed by atoms with van der Waals surface area (Å²) in [7, 11) is 1.72. The molecule has 222 valence electrons. The van der Waals surface area contributed by atoms with Gasteiger partial charge in [-0.3, -0.25) is 9.59 Å². The molecule has 0 bridgehead atoms. The molecule has 0 spiro atoms. The lowest BCUT2D eigenvalue weighted by Crippen LogP contribution is -2.54. The summed E-state index contributed by atoms with van der Waals surface area (Å²) >= 11 is 12.6. The van der Waals surface area contributed by atoms with Gasteiger partial charge in [-0.25, -0.2) is 4.39 Å². The first kappa shape index (κ1) is 31.2. The Morgan fingerprint density at radius 2 is 1.93 bits per heavy atom. The number of hydrogen-bond acceptors (Lipinski definition) is 7. The maximum atomic E-state index is 15.8. The number of carbonyl (C=O) groups is 3. The van der Waals surface area contributed by atoms with Gasteiger partial charge in [0.15, 0.2) is 0 Å². The minimum Gasteiger partial charge on any atom is -0.461 e. The molecule has 2 aromatic rings. The fourth-order valence-electron chi connectivity index (χ4n) is 6.19. The van der Waals surface area contributed by atoms with Crippen LogP contribution in [0, 0.1) is 11.2 Å². The Morgan fingerprint density at radius 3 is 2.54 bits per heavy atom. The zero-order chi connectivity index (χ0) is 30.1. The number of carbonyl (C=O) groups excluding carboxylic acids is 3. The highest BCUT2D eigenvalue weighted by Gasteiger charge is 2.60. The van der Waals surface area contributed by atoms with Gasteiger partial charge >= 0.3 is 5.97 Å². The molecule has 4 rings (SSSR count). The van der Waals surface area contributed by atoms with Crippen molar-refractivity contribution in [3.05, 3.63) is 63.4 Å². The van der Waals surface area contributed by atoms with Gasteiger partial charge in [0.05, 0.1) is 23.0 Å². The van der Waals surface area contributed by atoms with E-state index in [1.54, 1.807) is 37.4 Å². The normalized spacial score (nSPS) is 27.6. The molecule has 0 aromatic heterocycles. The zero-order valence-corrected chi connectivity index (χ0v) is 25.1. The fourth-order valence-corrected chi connectivity index (χ4v) is 6.54. The Labute approximate surface area is 249 Å². The van der Waals surface area contributed by atoms with Crippen LogP contribution in [0.5, 0.6) is 0 Å². The molecule has 1 amide bonds. The van der Waals surface area contributed by atoms with Crippen molar-refractivity contribution in [1.29, 1.82) is 0 Å². The van der Waals surface area contributed by atoms with Crippen LogP contribution < -0.4 is 21.7 Å². The number of amides is 1. The molecular formula is C30H37Cl2FN4O4. The fraction of sp³-hybridized carbons (Fsp3) is 0.500. The van der Waals surface area contributed by atoms with Crippen LogP contribution in [-0.2, 0) is 24.5 Å². The molecule has 1 heterocycles. The van der Waals surface area contributed by atoms with Gasteiger partial charge in [-0.1, -0.05) is 62.2 Å². The van der Waals surface area contributed by atoms with Crippen LogP contribution in [0.3, 0.4) is 0 Å². The van der Waals surface area contributed by atoms with E-state index in [0.717, 1.165) is 6.29 Å².